The number of hydrogen-bond donors (Lipinski definition) is 2. The van der Waals surface area contributed by atoms with Gasteiger partial charge in [-0.1, -0.05) is 0 Å². The first kappa shape index (κ1) is 11.4. The minimum Gasteiger partial charge on any atom is -0.490 e. The summed E-state index contributed by atoms with van der Waals surface area (Å²) < 4.78 is 27.9. The molecule has 4 N–H and O–H groups in total. The lowest BCUT2D eigenvalue weighted by atomic mass is 10.2. The molecule has 1 aliphatic rings. The van der Waals surface area contributed by atoms with Gasteiger partial charge in [-0.25, -0.2) is 13.6 Å². The Hall–Kier alpha value is -1.11. The molecule has 1 fully saturated rings. The molecule has 5 nitrogen and oxygen atoms in total. The van der Waals surface area contributed by atoms with Gasteiger partial charge < -0.3 is 10.5 Å². The molecule has 0 radical (unpaired) electrons. The van der Waals surface area contributed by atoms with Crippen molar-refractivity contribution in [1.29, 1.82) is 0 Å². The van der Waals surface area contributed by atoms with Crippen LogP contribution in [0.1, 0.15) is 18.4 Å². The Labute approximate surface area is 94.4 Å². The molecule has 0 aliphatic heterocycles. The fourth-order valence-electron chi connectivity index (χ4n) is 1.37. The van der Waals surface area contributed by atoms with E-state index in [1.54, 1.807) is 6.07 Å². The van der Waals surface area contributed by atoms with Crippen molar-refractivity contribution in [3.8, 4) is 5.75 Å². The number of rotatable bonds is 4. The first-order valence-corrected chi connectivity index (χ1v) is 6.58. The van der Waals surface area contributed by atoms with Crippen LogP contribution in [0.3, 0.4) is 0 Å². The predicted molar refractivity (Wildman–Crippen MR) is 59.4 cm³/mol. The minimum atomic E-state index is -3.68. The van der Waals surface area contributed by atoms with Gasteiger partial charge in [0.05, 0.1) is 11.0 Å². The Morgan fingerprint density at radius 2 is 2.06 bits per heavy atom. The van der Waals surface area contributed by atoms with Gasteiger partial charge in [0.25, 0.3) is 0 Å². The average molecular weight is 242 g/mol. The van der Waals surface area contributed by atoms with Crippen LogP contribution in [0.5, 0.6) is 5.75 Å². The highest BCUT2D eigenvalue weighted by molar-refractivity contribution is 7.89. The first-order chi connectivity index (χ1) is 7.50. The van der Waals surface area contributed by atoms with Crippen molar-refractivity contribution >= 4 is 10.0 Å². The molecule has 1 saturated carbocycles. The molecule has 0 atom stereocenters. The van der Waals surface area contributed by atoms with E-state index >= 15 is 0 Å². The zero-order chi connectivity index (χ0) is 11.8. The molecule has 6 heteroatoms. The van der Waals surface area contributed by atoms with Crippen molar-refractivity contribution in [2.75, 3.05) is 0 Å². The van der Waals surface area contributed by atoms with Crippen molar-refractivity contribution in [2.24, 2.45) is 10.9 Å². The Balaban J connectivity index is 2.33. The van der Waals surface area contributed by atoms with E-state index in [9.17, 15) is 8.42 Å². The second-order valence-corrected chi connectivity index (χ2v) is 5.40. The first-order valence-electron chi connectivity index (χ1n) is 5.03. The van der Waals surface area contributed by atoms with Crippen LogP contribution in [0.15, 0.2) is 23.1 Å². The monoisotopic (exact) mass is 242 g/mol. The van der Waals surface area contributed by atoms with Crippen LogP contribution in [0.2, 0.25) is 0 Å². The second-order valence-electron chi connectivity index (χ2n) is 3.84. The molecule has 0 aromatic heterocycles. The zero-order valence-corrected chi connectivity index (χ0v) is 9.53. The van der Waals surface area contributed by atoms with Crippen LogP contribution >= 0.6 is 0 Å². The van der Waals surface area contributed by atoms with Crippen LogP contribution in [0.25, 0.3) is 0 Å². The van der Waals surface area contributed by atoms with Gasteiger partial charge in [0.15, 0.2) is 0 Å². The van der Waals surface area contributed by atoms with Gasteiger partial charge in [-0.05, 0) is 31.0 Å². The summed E-state index contributed by atoms with van der Waals surface area (Å²) >= 11 is 0. The van der Waals surface area contributed by atoms with E-state index in [1.807, 2.05) is 0 Å². The minimum absolute atomic E-state index is 0.0658. The van der Waals surface area contributed by atoms with Gasteiger partial charge in [0.2, 0.25) is 10.0 Å². The molecule has 0 unspecified atom stereocenters. The Morgan fingerprint density at radius 1 is 1.38 bits per heavy atom. The largest absolute Gasteiger partial charge is 0.490 e. The van der Waals surface area contributed by atoms with E-state index in [2.05, 4.69) is 0 Å². The molecule has 16 heavy (non-hydrogen) atoms. The zero-order valence-electron chi connectivity index (χ0n) is 8.72. The highest BCUT2D eigenvalue weighted by Gasteiger charge is 2.24. The van der Waals surface area contributed by atoms with Crippen LogP contribution in [-0.4, -0.2) is 14.5 Å². The van der Waals surface area contributed by atoms with Crippen LogP contribution in [0.4, 0.5) is 0 Å². The lowest BCUT2D eigenvalue weighted by Gasteiger charge is -2.10. The molecule has 0 amide bonds. The summed E-state index contributed by atoms with van der Waals surface area (Å²) in [6.45, 7) is 0.228. The second kappa shape index (κ2) is 4.04. The van der Waals surface area contributed by atoms with Crippen molar-refractivity contribution in [3.63, 3.8) is 0 Å². The van der Waals surface area contributed by atoms with Crippen molar-refractivity contribution in [3.05, 3.63) is 23.8 Å². The van der Waals surface area contributed by atoms with Gasteiger partial charge in [-0.2, -0.15) is 0 Å². The lowest BCUT2D eigenvalue weighted by Crippen LogP contribution is -2.13. The molecule has 1 aromatic carbocycles. The van der Waals surface area contributed by atoms with Crippen LogP contribution in [-0.2, 0) is 16.6 Å². The van der Waals surface area contributed by atoms with E-state index in [0.29, 0.717) is 11.3 Å². The highest BCUT2D eigenvalue weighted by Crippen LogP contribution is 2.30. The van der Waals surface area contributed by atoms with Gasteiger partial charge >= 0.3 is 0 Å². The molecule has 2 rings (SSSR count). The Kier molecular flexibility index (Phi) is 2.88. The predicted octanol–water partition coefficient (Wildman–Crippen LogP) is 0.334. The van der Waals surface area contributed by atoms with Gasteiger partial charge in [0.1, 0.15) is 5.75 Å². The van der Waals surface area contributed by atoms with E-state index in [4.69, 9.17) is 15.6 Å². The highest BCUT2D eigenvalue weighted by atomic mass is 32.2. The standard InChI is InChI=1S/C10H14N2O3S/c11-6-7-5-9(16(12,13)14)3-4-10(7)15-8-1-2-8/h3-5,8H,1-2,6,11H2,(H2,12,13,14). The summed E-state index contributed by atoms with van der Waals surface area (Å²) in [6, 6.07) is 4.51. The molecular formula is C10H14N2O3S. The third-order valence-corrected chi connectivity index (χ3v) is 3.31. The van der Waals surface area contributed by atoms with E-state index in [0.717, 1.165) is 12.8 Å². The summed E-state index contributed by atoms with van der Waals surface area (Å²) in [5.41, 5.74) is 6.21. The van der Waals surface area contributed by atoms with E-state index < -0.39 is 10.0 Å². The third-order valence-electron chi connectivity index (χ3n) is 2.40. The summed E-state index contributed by atoms with van der Waals surface area (Å²) in [5, 5.41) is 5.03. The maximum Gasteiger partial charge on any atom is 0.238 e. The summed E-state index contributed by atoms with van der Waals surface area (Å²) in [5.74, 6) is 0.650. The SMILES string of the molecule is NCc1cc(S(N)(=O)=O)ccc1OC1CC1. The average Bonchev–Trinajstić information content (AvgIpc) is 3.00. The van der Waals surface area contributed by atoms with Crippen LogP contribution in [0, 0.1) is 0 Å². The normalized spacial score (nSPS) is 16.1. The quantitative estimate of drug-likeness (QED) is 0.795. The molecule has 0 spiro atoms. The molecule has 1 aliphatic carbocycles. The van der Waals surface area contributed by atoms with E-state index in [-0.39, 0.29) is 17.5 Å². The number of benzene rings is 1. The number of nitrogens with two attached hydrogens (primary N) is 2. The summed E-state index contributed by atoms with van der Waals surface area (Å²) in [4.78, 5) is 0.0658. The smallest absolute Gasteiger partial charge is 0.238 e. The summed E-state index contributed by atoms with van der Waals surface area (Å²) in [7, 11) is -3.68. The molecule has 0 heterocycles. The Bertz CT molecular complexity index is 495. The number of sulfonamides is 1. The van der Waals surface area contributed by atoms with Crippen LogP contribution < -0.4 is 15.6 Å². The third kappa shape index (κ3) is 2.52. The fraction of sp³-hybridized carbons (Fsp3) is 0.400. The summed E-state index contributed by atoms with van der Waals surface area (Å²) in [6.07, 6.45) is 2.34. The van der Waals surface area contributed by atoms with Gasteiger partial charge in [-0.15, -0.1) is 0 Å². The molecule has 88 valence electrons. The van der Waals surface area contributed by atoms with E-state index in [1.165, 1.54) is 12.1 Å². The molecule has 0 saturated heterocycles. The van der Waals surface area contributed by atoms with Crippen molar-refractivity contribution < 1.29 is 13.2 Å². The lowest BCUT2D eigenvalue weighted by molar-refractivity contribution is 0.300. The Morgan fingerprint density at radius 3 is 2.56 bits per heavy atom. The molecule has 1 aromatic rings. The van der Waals surface area contributed by atoms with Gasteiger partial charge in [-0.3, -0.25) is 0 Å². The fourth-order valence-corrected chi connectivity index (χ4v) is 1.94. The molecule has 0 bridgehead atoms. The van der Waals surface area contributed by atoms with Crippen molar-refractivity contribution in [2.45, 2.75) is 30.4 Å². The maximum absolute atomic E-state index is 11.1. The number of ether oxygens (including phenoxy) is 1. The van der Waals surface area contributed by atoms with Crippen molar-refractivity contribution in [1.82, 2.24) is 0 Å². The number of hydrogen-bond acceptors (Lipinski definition) is 4. The molecular weight excluding hydrogens is 228 g/mol. The topological polar surface area (TPSA) is 95.4 Å². The number of primary sulfonamides is 1. The van der Waals surface area contributed by atoms with Gasteiger partial charge in [0, 0.05) is 12.1 Å². The maximum atomic E-state index is 11.1.